The molecule has 2 N–H and O–H groups in total. The number of aromatic nitrogens is 7. The summed E-state index contributed by atoms with van der Waals surface area (Å²) in [6.07, 6.45) is 18.1. The van der Waals surface area contributed by atoms with Gasteiger partial charge in [-0.3, -0.25) is 24.3 Å². The van der Waals surface area contributed by atoms with E-state index >= 15 is 0 Å². The number of ether oxygens (including phenoxy) is 2. The number of pyridine rings is 1. The number of aryl methyl sites for hydroxylation is 1. The molecule has 14 nitrogen and oxygen atoms in total. The highest BCUT2D eigenvalue weighted by molar-refractivity contribution is 5.94. The monoisotopic (exact) mass is 742 g/mol. The van der Waals surface area contributed by atoms with Crippen LogP contribution in [0.4, 0.5) is 11.4 Å². The SMILES string of the molecule is Cn1ccc(CN2CCC([n+]3ccc(Oc4ccc(NC5([C@H]6CCCCN6Cc6ccccn6)CO5)cc4)cn3)C[C@@H]2C(=O)Nc2cnc(C3CC3)nc2)n1. The van der Waals surface area contributed by atoms with Crippen LogP contribution >= 0.6 is 0 Å². The van der Waals surface area contributed by atoms with Crippen LogP contribution < -0.4 is 20.1 Å². The third-order valence-electron chi connectivity index (χ3n) is 11.2. The van der Waals surface area contributed by atoms with E-state index in [4.69, 9.17) is 14.6 Å². The first-order chi connectivity index (χ1) is 27.0. The zero-order valence-corrected chi connectivity index (χ0v) is 31.2. The highest BCUT2D eigenvalue weighted by atomic mass is 16.6. The Balaban J connectivity index is 0.825. The molecule has 1 amide bonds. The van der Waals surface area contributed by atoms with Gasteiger partial charge < -0.3 is 20.1 Å². The number of carbonyl (C=O) groups is 1. The van der Waals surface area contributed by atoms with Crippen LogP contribution in [0.5, 0.6) is 11.5 Å². The molecule has 0 spiro atoms. The Morgan fingerprint density at radius 1 is 0.891 bits per heavy atom. The van der Waals surface area contributed by atoms with Crippen molar-refractivity contribution in [2.45, 2.75) is 87.8 Å². The van der Waals surface area contributed by atoms with Gasteiger partial charge in [0.2, 0.25) is 5.91 Å². The number of rotatable bonds is 13. The number of piperidine rings is 2. The molecular weight excluding hydrogens is 695 g/mol. The van der Waals surface area contributed by atoms with Crippen LogP contribution in [-0.2, 0) is 29.7 Å². The molecule has 4 fully saturated rings. The molecule has 7 heterocycles. The second-order valence-electron chi connectivity index (χ2n) is 15.3. The molecule has 4 aliphatic rings. The molecule has 0 bridgehead atoms. The highest BCUT2D eigenvalue weighted by Crippen LogP contribution is 2.40. The molecule has 2 unspecified atom stereocenters. The average molecular weight is 743 g/mol. The molecule has 9 rings (SSSR count). The van der Waals surface area contributed by atoms with Gasteiger partial charge in [-0.05, 0) is 79.8 Å². The Morgan fingerprint density at radius 2 is 1.73 bits per heavy atom. The largest absolute Gasteiger partial charge is 0.455 e. The lowest BCUT2D eigenvalue weighted by molar-refractivity contribution is -0.780. The molecule has 4 atom stereocenters. The van der Waals surface area contributed by atoms with Crippen molar-refractivity contribution < 1.29 is 19.0 Å². The van der Waals surface area contributed by atoms with E-state index in [-0.39, 0.29) is 24.0 Å². The molecule has 4 aromatic heterocycles. The first-order valence-corrected chi connectivity index (χ1v) is 19.5. The second-order valence-corrected chi connectivity index (χ2v) is 15.3. The third kappa shape index (κ3) is 8.36. The average Bonchev–Trinajstić information content (AvgIpc) is 4.16. The molecular formula is C41H48N11O3+. The van der Waals surface area contributed by atoms with E-state index in [1.54, 1.807) is 23.3 Å². The van der Waals surface area contributed by atoms with Gasteiger partial charge in [-0.1, -0.05) is 17.2 Å². The van der Waals surface area contributed by atoms with E-state index in [0.29, 0.717) is 36.9 Å². The quantitative estimate of drug-likeness (QED) is 0.124. The number of amides is 1. The van der Waals surface area contributed by atoms with Gasteiger partial charge in [-0.25, -0.2) is 9.97 Å². The van der Waals surface area contributed by atoms with E-state index < -0.39 is 5.72 Å². The van der Waals surface area contributed by atoms with E-state index in [9.17, 15) is 4.79 Å². The van der Waals surface area contributed by atoms with E-state index in [1.165, 1.54) is 12.8 Å². The summed E-state index contributed by atoms with van der Waals surface area (Å²) in [6, 6.07) is 18.0. The van der Waals surface area contributed by atoms with Crippen LogP contribution in [0, 0.1) is 0 Å². The van der Waals surface area contributed by atoms with Gasteiger partial charge in [-0.2, -0.15) is 5.10 Å². The third-order valence-corrected chi connectivity index (χ3v) is 11.2. The number of nitrogens with zero attached hydrogens (tertiary/aromatic N) is 9. The fourth-order valence-electron chi connectivity index (χ4n) is 8.09. The van der Waals surface area contributed by atoms with Gasteiger partial charge in [0.1, 0.15) is 17.8 Å². The summed E-state index contributed by atoms with van der Waals surface area (Å²) in [5.41, 5.74) is 3.23. The Bertz CT molecular complexity index is 2050. The maximum Gasteiger partial charge on any atom is 0.242 e. The second kappa shape index (κ2) is 15.4. The lowest BCUT2D eigenvalue weighted by atomic mass is 9.95. The van der Waals surface area contributed by atoms with Crippen LogP contribution in [0.2, 0.25) is 0 Å². The Hall–Kier alpha value is -5.31. The number of anilines is 2. The number of likely N-dealkylation sites (tertiary alicyclic amines) is 2. The van der Waals surface area contributed by atoms with Gasteiger partial charge >= 0.3 is 0 Å². The van der Waals surface area contributed by atoms with Crippen molar-refractivity contribution in [1.82, 2.24) is 39.6 Å². The van der Waals surface area contributed by atoms with Crippen LogP contribution in [-0.4, -0.2) is 83.0 Å². The number of benzene rings is 1. The molecule has 55 heavy (non-hydrogen) atoms. The Morgan fingerprint density at radius 3 is 2.44 bits per heavy atom. The van der Waals surface area contributed by atoms with Crippen LogP contribution in [0.25, 0.3) is 0 Å². The lowest BCUT2D eigenvalue weighted by Gasteiger charge is -2.39. The molecule has 1 aromatic carbocycles. The van der Waals surface area contributed by atoms with Crippen molar-refractivity contribution in [2.75, 3.05) is 30.3 Å². The minimum Gasteiger partial charge on any atom is -0.455 e. The molecule has 1 aliphatic carbocycles. The molecule has 3 aliphatic heterocycles. The van der Waals surface area contributed by atoms with Crippen molar-refractivity contribution in [3.8, 4) is 11.5 Å². The molecule has 5 aromatic rings. The first-order valence-electron chi connectivity index (χ1n) is 19.5. The summed E-state index contributed by atoms with van der Waals surface area (Å²) < 4.78 is 16.1. The van der Waals surface area contributed by atoms with Crippen molar-refractivity contribution >= 4 is 17.3 Å². The molecule has 3 saturated heterocycles. The van der Waals surface area contributed by atoms with E-state index in [0.717, 1.165) is 74.0 Å². The van der Waals surface area contributed by atoms with Crippen LogP contribution in [0.1, 0.15) is 74.1 Å². The maximum absolute atomic E-state index is 13.8. The summed E-state index contributed by atoms with van der Waals surface area (Å²) in [5.74, 6) is 2.59. The van der Waals surface area contributed by atoms with Gasteiger partial charge in [0.25, 0.3) is 0 Å². The van der Waals surface area contributed by atoms with Gasteiger partial charge in [0.05, 0.1) is 48.2 Å². The van der Waals surface area contributed by atoms with E-state index in [1.807, 2.05) is 72.8 Å². The number of carbonyl (C=O) groups excluding carboxylic acids is 1. The van der Waals surface area contributed by atoms with Crippen molar-refractivity contribution in [2.24, 2.45) is 7.05 Å². The number of hydrogen-bond donors (Lipinski definition) is 2. The van der Waals surface area contributed by atoms with Crippen LogP contribution in [0.15, 0.2) is 91.8 Å². The maximum atomic E-state index is 13.8. The predicted octanol–water partition coefficient (Wildman–Crippen LogP) is 4.99. The van der Waals surface area contributed by atoms with Gasteiger partial charge in [-0.15, -0.1) is 0 Å². The van der Waals surface area contributed by atoms with Crippen molar-refractivity contribution in [1.29, 1.82) is 0 Å². The zero-order valence-electron chi connectivity index (χ0n) is 31.2. The molecule has 14 heteroatoms. The predicted molar refractivity (Wildman–Crippen MR) is 204 cm³/mol. The fraction of sp³-hybridized carbons (Fsp3) is 0.439. The minimum atomic E-state index is -0.390. The number of nitrogens with one attached hydrogen (secondary N) is 2. The van der Waals surface area contributed by atoms with E-state index in [2.05, 4.69) is 52.6 Å². The summed E-state index contributed by atoms with van der Waals surface area (Å²) in [6.45, 7) is 3.85. The van der Waals surface area contributed by atoms with Crippen LogP contribution in [0.3, 0.4) is 0 Å². The number of epoxide rings is 1. The topological polar surface area (TPSA) is 143 Å². The fourth-order valence-corrected chi connectivity index (χ4v) is 8.09. The van der Waals surface area contributed by atoms with Crippen molar-refractivity contribution in [3.63, 3.8) is 0 Å². The molecule has 284 valence electrons. The molecule has 1 saturated carbocycles. The summed E-state index contributed by atoms with van der Waals surface area (Å²) in [4.78, 5) is 32.1. The summed E-state index contributed by atoms with van der Waals surface area (Å²) >= 11 is 0. The lowest BCUT2D eigenvalue weighted by Crippen LogP contribution is -2.55. The standard InChI is InChI=1S/C41H47N11O3/c1-49-19-14-32(48-49)27-50-20-15-34(22-37(50)40(53)46-33-23-43-39(44-24-33)29-8-9-29)52-21-16-36(25-45-52)55-35-12-10-30(11-13-35)47-41(28-54-41)38-7-3-5-18-51(38)26-31-6-2-4-17-42-31/h2,4,6,10-14,16-17,19,21,23-25,29,34,37-38,47H,3,5,7-9,15,18,20,22,26-28H2,1H3/p+1/t34?,37-,38-,41?/m1/s1. The highest BCUT2D eigenvalue weighted by Gasteiger charge is 2.54. The Labute approximate surface area is 320 Å². The van der Waals surface area contributed by atoms with Gasteiger partial charge in [0, 0.05) is 69.6 Å². The first kappa shape index (κ1) is 35.4. The zero-order chi connectivity index (χ0) is 37.2. The number of hydrogen-bond acceptors (Lipinski definition) is 11. The molecule has 0 radical (unpaired) electrons. The normalized spacial score (nSPS) is 24.3. The minimum absolute atomic E-state index is 0.0321. The smallest absolute Gasteiger partial charge is 0.242 e. The Kier molecular flexibility index (Phi) is 9.94. The summed E-state index contributed by atoms with van der Waals surface area (Å²) in [5, 5.41) is 16.1. The van der Waals surface area contributed by atoms with Gasteiger partial charge in [0.15, 0.2) is 23.7 Å². The summed E-state index contributed by atoms with van der Waals surface area (Å²) in [7, 11) is 1.91. The van der Waals surface area contributed by atoms with Crippen molar-refractivity contribution in [3.05, 3.63) is 109 Å².